The number of carbonyl (C=O) groups is 1. The van der Waals surface area contributed by atoms with E-state index in [1.54, 1.807) is 7.11 Å². The summed E-state index contributed by atoms with van der Waals surface area (Å²) in [6, 6.07) is 16.7. The number of aromatic nitrogens is 2. The van der Waals surface area contributed by atoms with E-state index in [4.69, 9.17) is 14.5 Å². The third-order valence-corrected chi connectivity index (χ3v) is 8.54. The fraction of sp³-hybridized carbons (Fsp3) is 0.515. The van der Waals surface area contributed by atoms with Gasteiger partial charge in [-0.05, 0) is 89.2 Å². The van der Waals surface area contributed by atoms with Crippen LogP contribution in [0.25, 0.3) is 16.6 Å². The number of esters is 1. The lowest BCUT2D eigenvalue weighted by atomic mass is 9.60. The van der Waals surface area contributed by atoms with Gasteiger partial charge in [0.1, 0.15) is 22.7 Å². The average Bonchev–Trinajstić information content (AvgIpc) is 3.35. The molecule has 0 unspecified atom stereocenters. The van der Waals surface area contributed by atoms with Gasteiger partial charge in [0.05, 0.1) is 18.0 Å². The first kappa shape index (κ1) is 27.4. The van der Waals surface area contributed by atoms with Crippen LogP contribution in [0.15, 0.2) is 54.6 Å². The molecular formula is C33H43N3O3. The van der Waals surface area contributed by atoms with Crippen molar-refractivity contribution >= 4 is 22.6 Å². The van der Waals surface area contributed by atoms with Crippen molar-refractivity contribution in [2.24, 2.45) is 17.3 Å². The van der Waals surface area contributed by atoms with Crippen LogP contribution in [0, 0.1) is 17.3 Å². The number of allylic oxidation sites excluding steroid dienone is 1. The molecule has 6 heteroatoms. The first-order valence-corrected chi connectivity index (χ1v) is 14.4. The van der Waals surface area contributed by atoms with Crippen molar-refractivity contribution in [3.63, 3.8) is 0 Å². The molecule has 208 valence electrons. The number of aryl methyl sites for hydroxylation is 1. The Morgan fingerprint density at radius 2 is 1.90 bits per heavy atom. The van der Waals surface area contributed by atoms with E-state index >= 15 is 0 Å². The summed E-state index contributed by atoms with van der Waals surface area (Å²) in [4.78, 5) is 23.8. The molecule has 1 saturated carbocycles. The molecule has 1 N–H and O–H groups in total. The van der Waals surface area contributed by atoms with Crippen LogP contribution >= 0.6 is 0 Å². The Morgan fingerprint density at radius 1 is 1.10 bits per heavy atom. The number of para-hydroxylation sites is 1. The number of H-pyrrole nitrogens is 1. The summed E-state index contributed by atoms with van der Waals surface area (Å²) in [6.07, 6.45) is 8.31. The van der Waals surface area contributed by atoms with Gasteiger partial charge in [0, 0.05) is 25.3 Å². The summed E-state index contributed by atoms with van der Waals surface area (Å²) in [6.45, 7) is 7.71. The van der Waals surface area contributed by atoms with Crippen LogP contribution < -0.4 is 4.74 Å². The van der Waals surface area contributed by atoms with Gasteiger partial charge >= 0.3 is 5.97 Å². The Morgan fingerprint density at radius 3 is 2.59 bits per heavy atom. The number of nitrogens with one attached hydrogen (secondary N) is 1. The van der Waals surface area contributed by atoms with Crippen molar-refractivity contribution in [2.45, 2.75) is 64.9 Å². The maximum Gasteiger partial charge on any atom is 0.311 e. The molecule has 1 aromatic heterocycles. The molecule has 39 heavy (non-hydrogen) atoms. The fourth-order valence-electron chi connectivity index (χ4n) is 6.27. The van der Waals surface area contributed by atoms with Gasteiger partial charge in [0.25, 0.3) is 0 Å². The molecule has 6 rings (SSSR count). The van der Waals surface area contributed by atoms with Crippen molar-refractivity contribution in [1.29, 1.82) is 0 Å². The monoisotopic (exact) mass is 529 g/mol. The van der Waals surface area contributed by atoms with Crippen LogP contribution in [-0.4, -0.2) is 53.7 Å². The van der Waals surface area contributed by atoms with Gasteiger partial charge in [-0.1, -0.05) is 42.5 Å². The number of methoxy groups -OCH3 is 1. The number of benzene rings is 2. The summed E-state index contributed by atoms with van der Waals surface area (Å²) >= 11 is 0. The van der Waals surface area contributed by atoms with Crippen LogP contribution in [0.1, 0.15) is 64.3 Å². The zero-order valence-corrected chi connectivity index (χ0v) is 24.1. The summed E-state index contributed by atoms with van der Waals surface area (Å²) in [5, 5.41) is 0. The van der Waals surface area contributed by atoms with Crippen molar-refractivity contribution in [1.82, 2.24) is 14.9 Å². The average molecular weight is 530 g/mol. The van der Waals surface area contributed by atoms with Gasteiger partial charge in [-0.25, -0.2) is 4.98 Å². The summed E-state index contributed by atoms with van der Waals surface area (Å²) in [5.74, 6) is 2.38. The summed E-state index contributed by atoms with van der Waals surface area (Å²) in [7, 11) is 3.85. The van der Waals surface area contributed by atoms with Gasteiger partial charge in [-0.2, -0.15) is 0 Å². The zero-order chi connectivity index (χ0) is 27.6. The van der Waals surface area contributed by atoms with Crippen molar-refractivity contribution < 1.29 is 14.3 Å². The lowest BCUT2D eigenvalue weighted by molar-refractivity contribution is -0.182. The highest BCUT2D eigenvalue weighted by Crippen LogP contribution is 2.53. The lowest BCUT2D eigenvalue weighted by Gasteiger charge is -2.51. The van der Waals surface area contributed by atoms with Crippen LogP contribution in [0.3, 0.4) is 0 Å². The molecule has 0 amide bonds. The van der Waals surface area contributed by atoms with Crippen molar-refractivity contribution in [3.8, 4) is 5.75 Å². The molecule has 0 aliphatic heterocycles. The molecular weight excluding hydrogens is 486 g/mol. The van der Waals surface area contributed by atoms with Crippen LogP contribution in [0.5, 0.6) is 5.75 Å². The molecule has 3 aliphatic rings. The summed E-state index contributed by atoms with van der Waals surface area (Å²) in [5.41, 5.74) is 3.69. The molecule has 3 aliphatic carbocycles. The maximum atomic E-state index is 13.2. The highest BCUT2D eigenvalue weighted by atomic mass is 16.6. The quantitative estimate of drug-likeness (QED) is 0.297. The number of aromatic amines is 1. The van der Waals surface area contributed by atoms with Crippen LogP contribution in [0.2, 0.25) is 0 Å². The number of fused-ring (bicyclic) bond motifs is 3. The minimum Gasteiger partial charge on any atom is -0.494 e. The number of ether oxygens (including phenoxy) is 2. The molecule has 0 spiro atoms. The Bertz CT molecular complexity index is 1320. The molecule has 0 saturated heterocycles. The highest BCUT2D eigenvalue weighted by molar-refractivity contribution is 5.81. The number of carbonyl (C=O) groups excluding carboxylic acids is 1. The maximum absolute atomic E-state index is 13.2. The molecule has 2 bridgehead atoms. The number of hydrogen-bond donors (Lipinski definition) is 1. The third kappa shape index (κ3) is 5.91. The predicted molar refractivity (Wildman–Crippen MR) is 157 cm³/mol. The first-order chi connectivity index (χ1) is 18.7. The number of hydrogen-bond acceptors (Lipinski definition) is 5. The molecule has 3 aromatic rings. The molecule has 1 heterocycles. The van der Waals surface area contributed by atoms with E-state index < -0.39 is 11.0 Å². The van der Waals surface area contributed by atoms with Gasteiger partial charge in [-0.3, -0.25) is 4.79 Å². The Labute approximate surface area is 232 Å². The number of nitrogens with zero attached hydrogens (tertiary/aromatic N) is 2. The van der Waals surface area contributed by atoms with Crippen molar-refractivity contribution in [3.05, 3.63) is 66.0 Å². The van der Waals surface area contributed by atoms with E-state index in [0.717, 1.165) is 67.8 Å². The molecule has 2 aromatic carbocycles. The number of imidazole rings is 1. The second-order valence-corrected chi connectivity index (χ2v) is 12.5. The second kappa shape index (κ2) is 11.2. The smallest absolute Gasteiger partial charge is 0.311 e. The predicted octanol–water partition coefficient (Wildman–Crippen LogP) is 6.67. The largest absolute Gasteiger partial charge is 0.494 e. The van der Waals surface area contributed by atoms with E-state index in [1.165, 1.54) is 17.6 Å². The minimum absolute atomic E-state index is 0.0901. The Kier molecular flexibility index (Phi) is 7.86. The van der Waals surface area contributed by atoms with E-state index in [1.807, 2.05) is 39.0 Å². The van der Waals surface area contributed by atoms with Gasteiger partial charge < -0.3 is 19.4 Å². The molecule has 0 radical (unpaired) electrons. The van der Waals surface area contributed by atoms with Crippen molar-refractivity contribution in [2.75, 3.05) is 27.2 Å². The van der Waals surface area contributed by atoms with Gasteiger partial charge in [0.2, 0.25) is 0 Å². The first-order valence-electron chi connectivity index (χ1n) is 14.4. The SMILES string of the molecule is COc1cccc2[nH]c(CCCN(C)CC[C@]3(OC(=O)C(C)(C)C)C[C@H]4CC[C@H]3C=C4c3ccccc3)nc12. The third-order valence-electron chi connectivity index (χ3n) is 8.54. The normalized spacial score (nSPS) is 22.8. The Balaban J connectivity index is 1.24. The summed E-state index contributed by atoms with van der Waals surface area (Å²) < 4.78 is 12.0. The van der Waals surface area contributed by atoms with Crippen LogP contribution in [0.4, 0.5) is 0 Å². The van der Waals surface area contributed by atoms with Gasteiger partial charge in [0.15, 0.2) is 0 Å². The number of rotatable bonds is 10. The van der Waals surface area contributed by atoms with Crippen LogP contribution in [-0.2, 0) is 16.0 Å². The van der Waals surface area contributed by atoms with E-state index in [2.05, 4.69) is 53.3 Å². The van der Waals surface area contributed by atoms with E-state index in [0.29, 0.717) is 5.92 Å². The Hall–Kier alpha value is -3.12. The fourth-order valence-corrected chi connectivity index (χ4v) is 6.27. The molecule has 1 fully saturated rings. The minimum atomic E-state index is -0.517. The standard InChI is InChI=1S/C33H43N3O3/c1-32(2,3)31(37)39-33(22-24-16-17-25(33)21-26(24)23-11-7-6-8-12-23)18-20-36(4)19-10-15-29-34-27-13-9-14-28(38-5)30(27)35-29/h6-9,11-14,21,24-25H,10,15-20,22H2,1-5H3,(H,34,35)/t24-,25+,33+/m1/s1. The van der Waals surface area contributed by atoms with E-state index in [-0.39, 0.29) is 11.9 Å². The van der Waals surface area contributed by atoms with E-state index in [9.17, 15) is 4.79 Å². The molecule has 6 nitrogen and oxygen atoms in total. The molecule has 3 atom stereocenters. The zero-order valence-electron chi connectivity index (χ0n) is 24.1. The highest BCUT2D eigenvalue weighted by Gasteiger charge is 2.51. The topological polar surface area (TPSA) is 67.4 Å². The van der Waals surface area contributed by atoms with Gasteiger partial charge in [-0.15, -0.1) is 0 Å². The lowest BCUT2D eigenvalue weighted by Crippen LogP contribution is -2.52. The second-order valence-electron chi connectivity index (χ2n) is 12.5.